The zero-order chi connectivity index (χ0) is 11.1. The number of carbonyl (C=O) groups is 1. The van der Waals surface area contributed by atoms with Crippen molar-refractivity contribution < 1.29 is 27.5 Å². The van der Waals surface area contributed by atoms with E-state index in [4.69, 9.17) is 5.11 Å². The molecule has 0 unspecified atom stereocenters. The fourth-order valence-corrected chi connectivity index (χ4v) is 0.891. The molecule has 1 heterocycles. The quantitative estimate of drug-likeness (QED) is 0.713. The third kappa shape index (κ3) is 1.54. The summed E-state index contributed by atoms with van der Waals surface area (Å²) in [5.41, 5.74) is -3.19. The lowest BCUT2D eigenvalue weighted by Gasteiger charge is -2.01. The Hall–Kier alpha value is -1.60. The van der Waals surface area contributed by atoms with E-state index in [9.17, 15) is 22.4 Å². The largest absolute Gasteiger partial charge is 0.477 e. The Morgan fingerprint density at radius 1 is 1.50 bits per heavy atom. The highest BCUT2D eigenvalue weighted by atomic mass is 19.4. The zero-order valence-electron chi connectivity index (χ0n) is 6.76. The lowest BCUT2D eigenvalue weighted by Crippen LogP contribution is -2.12. The van der Waals surface area contributed by atoms with E-state index in [2.05, 4.69) is 5.10 Å². The molecule has 4 nitrogen and oxygen atoms in total. The van der Waals surface area contributed by atoms with Crippen LogP contribution in [0.15, 0.2) is 0 Å². The fourth-order valence-electron chi connectivity index (χ4n) is 0.891. The van der Waals surface area contributed by atoms with E-state index in [1.165, 1.54) is 0 Å². The molecule has 0 fully saturated rings. The molecule has 14 heavy (non-hydrogen) atoms. The van der Waals surface area contributed by atoms with Gasteiger partial charge in [-0.3, -0.25) is 0 Å². The normalized spacial score (nSPS) is 11.8. The van der Waals surface area contributed by atoms with Crippen LogP contribution < -0.4 is 0 Å². The van der Waals surface area contributed by atoms with Crippen molar-refractivity contribution in [3.8, 4) is 0 Å². The lowest BCUT2D eigenvalue weighted by molar-refractivity contribution is -0.142. The second kappa shape index (κ2) is 2.96. The number of halogens is 4. The minimum Gasteiger partial charge on any atom is -0.477 e. The van der Waals surface area contributed by atoms with E-state index >= 15 is 0 Å². The summed E-state index contributed by atoms with van der Waals surface area (Å²) >= 11 is 0. The minimum absolute atomic E-state index is 0.228. The standard InChI is InChI=1S/C6H4F4N2O2/c1-12-4(7)2(5(13)14)3(11-12)6(8,9)10/h1H3,(H,13,14). The molecule has 0 aromatic carbocycles. The van der Waals surface area contributed by atoms with Gasteiger partial charge in [0.25, 0.3) is 0 Å². The predicted molar refractivity (Wildman–Crippen MR) is 35.1 cm³/mol. The number of aromatic carboxylic acids is 1. The molecule has 8 heteroatoms. The summed E-state index contributed by atoms with van der Waals surface area (Å²) in [4.78, 5) is 10.3. The number of carboxylic acid groups (broad SMARTS) is 1. The van der Waals surface area contributed by atoms with Crippen molar-refractivity contribution in [2.24, 2.45) is 7.05 Å². The van der Waals surface area contributed by atoms with Gasteiger partial charge in [-0.25, -0.2) is 9.48 Å². The molecular formula is C6H4F4N2O2. The van der Waals surface area contributed by atoms with E-state index in [1.54, 1.807) is 0 Å². The molecular weight excluding hydrogens is 208 g/mol. The number of aromatic nitrogens is 2. The molecule has 1 rings (SSSR count). The molecule has 0 amide bonds. The number of alkyl halides is 3. The van der Waals surface area contributed by atoms with E-state index in [0.29, 0.717) is 0 Å². The van der Waals surface area contributed by atoms with Gasteiger partial charge in [-0.1, -0.05) is 0 Å². The summed E-state index contributed by atoms with van der Waals surface area (Å²) in [6.07, 6.45) is -4.98. The minimum atomic E-state index is -4.98. The summed E-state index contributed by atoms with van der Waals surface area (Å²) in [7, 11) is 0.886. The second-order valence-corrected chi connectivity index (χ2v) is 2.44. The highest BCUT2D eigenvalue weighted by Crippen LogP contribution is 2.31. The molecule has 0 spiro atoms. The molecule has 0 saturated carbocycles. The lowest BCUT2D eigenvalue weighted by atomic mass is 10.2. The van der Waals surface area contributed by atoms with E-state index in [0.717, 1.165) is 7.05 Å². The summed E-state index contributed by atoms with van der Waals surface area (Å²) in [5.74, 6) is -3.52. The van der Waals surface area contributed by atoms with Crippen LogP contribution in [0.3, 0.4) is 0 Å². The number of aryl methyl sites for hydroxylation is 1. The Bertz CT molecular complexity index is 382. The average Bonchev–Trinajstić information content (AvgIpc) is 2.27. The Morgan fingerprint density at radius 2 is 2.00 bits per heavy atom. The number of hydrogen-bond acceptors (Lipinski definition) is 2. The summed E-state index contributed by atoms with van der Waals surface area (Å²) < 4.78 is 49.3. The van der Waals surface area contributed by atoms with Crippen molar-refractivity contribution in [2.45, 2.75) is 6.18 Å². The van der Waals surface area contributed by atoms with E-state index in [1.807, 2.05) is 0 Å². The van der Waals surface area contributed by atoms with E-state index in [-0.39, 0.29) is 4.68 Å². The maximum absolute atomic E-state index is 12.8. The van der Waals surface area contributed by atoms with Crippen LogP contribution in [0.5, 0.6) is 0 Å². The molecule has 0 bridgehead atoms. The second-order valence-electron chi connectivity index (χ2n) is 2.44. The first-order valence-electron chi connectivity index (χ1n) is 3.28. The van der Waals surface area contributed by atoms with Gasteiger partial charge in [0.1, 0.15) is 5.56 Å². The number of rotatable bonds is 1. The van der Waals surface area contributed by atoms with Crippen molar-refractivity contribution in [1.29, 1.82) is 0 Å². The predicted octanol–water partition coefficient (Wildman–Crippen LogP) is 1.28. The highest BCUT2D eigenvalue weighted by Gasteiger charge is 2.41. The first-order chi connectivity index (χ1) is 6.25. The maximum Gasteiger partial charge on any atom is 0.436 e. The monoisotopic (exact) mass is 212 g/mol. The summed E-state index contributed by atoms with van der Waals surface area (Å²) in [5, 5.41) is 11.1. The van der Waals surface area contributed by atoms with Gasteiger partial charge in [-0.05, 0) is 0 Å². The van der Waals surface area contributed by atoms with Gasteiger partial charge in [0, 0.05) is 7.05 Å². The molecule has 1 aromatic heterocycles. The van der Waals surface area contributed by atoms with Crippen molar-refractivity contribution in [3.63, 3.8) is 0 Å². The van der Waals surface area contributed by atoms with Crippen LogP contribution in [-0.4, -0.2) is 20.9 Å². The Labute approximate surface area is 74.8 Å². The van der Waals surface area contributed by atoms with Crippen LogP contribution in [0.1, 0.15) is 16.1 Å². The van der Waals surface area contributed by atoms with Gasteiger partial charge in [0.15, 0.2) is 5.69 Å². The van der Waals surface area contributed by atoms with Crippen molar-refractivity contribution in [3.05, 3.63) is 17.2 Å². The van der Waals surface area contributed by atoms with Gasteiger partial charge in [-0.15, -0.1) is 0 Å². The van der Waals surface area contributed by atoms with Crippen molar-refractivity contribution in [2.75, 3.05) is 0 Å². The van der Waals surface area contributed by atoms with Crippen LogP contribution in [0.4, 0.5) is 17.6 Å². The Balaban J connectivity index is 3.45. The Kier molecular flexibility index (Phi) is 2.22. The molecule has 0 radical (unpaired) electrons. The number of carboxylic acids is 1. The maximum atomic E-state index is 12.8. The van der Waals surface area contributed by atoms with Crippen LogP contribution in [0.25, 0.3) is 0 Å². The molecule has 0 saturated heterocycles. The first kappa shape index (κ1) is 10.5. The molecule has 0 aliphatic heterocycles. The molecule has 0 atom stereocenters. The summed E-state index contributed by atoms with van der Waals surface area (Å²) in [6.45, 7) is 0. The molecule has 78 valence electrons. The van der Waals surface area contributed by atoms with Crippen LogP contribution in [0, 0.1) is 5.95 Å². The highest BCUT2D eigenvalue weighted by molar-refractivity contribution is 5.89. The van der Waals surface area contributed by atoms with Gasteiger partial charge in [0.05, 0.1) is 0 Å². The smallest absolute Gasteiger partial charge is 0.436 e. The number of hydrogen-bond donors (Lipinski definition) is 1. The van der Waals surface area contributed by atoms with Crippen LogP contribution in [-0.2, 0) is 13.2 Å². The topological polar surface area (TPSA) is 55.1 Å². The SMILES string of the molecule is Cn1nc(C(F)(F)F)c(C(=O)O)c1F. The van der Waals surface area contributed by atoms with Crippen LogP contribution >= 0.6 is 0 Å². The Morgan fingerprint density at radius 3 is 2.29 bits per heavy atom. The van der Waals surface area contributed by atoms with E-state index < -0.39 is 29.4 Å². The zero-order valence-corrected chi connectivity index (χ0v) is 6.76. The third-order valence-electron chi connectivity index (χ3n) is 1.46. The van der Waals surface area contributed by atoms with Crippen molar-refractivity contribution in [1.82, 2.24) is 9.78 Å². The summed E-state index contributed by atoms with van der Waals surface area (Å²) in [6, 6.07) is 0. The van der Waals surface area contributed by atoms with Gasteiger partial charge < -0.3 is 5.11 Å². The van der Waals surface area contributed by atoms with Crippen LogP contribution in [0.2, 0.25) is 0 Å². The van der Waals surface area contributed by atoms with Gasteiger partial charge in [0.2, 0.25) is 5.95 Å². The molecule has 1 aromatic rings. The molecule has 0 aliphatic rings. The van der Waals surface area contributed by atoms with Crippen molar-refractivity contribution >= 4 is 5.97 Å². The van der Waals surface area contributed by atoms with Gasteiger partial charge >= 0.3 is 12.1 Å². The van der Waals surface area contributed by atoms with Gasteiger partial charge in [-0.2, -0.15) is 22.7 Å². The third-order valence-corrected chi connectivity index (χ3v) is 1.46. The fraction of sp³-hybridized carbons (Fsp3) is 0.333. The molecule has 1 N–H and O–H groups in total. The molecule has 0 aliphatic carbocycles. The average molecular weight is 212 g/mol. The number of nitrogens with zero attached hydrogens (tertiary/aromatic N) is 2. The first-order valence-corrected chi connectivity index (χ1v) is 3.28.